The van der Waals surface area contributed by atoms with Crippen LogP contribution in [0.2, 0.25) is 0 Å². The summed E-state index contributed by atoms with van der Waals surface area (Å²) in [4.78, 5) is 2.55. The molecule has 21 heavy (non-hydrogen) atoms. The number of hydrogen-bond acceptors (Lipinski definition) is 3. The second-order valence-electron chi connectivity index (χ2n) is 5.93. The highest BCUT2D eigenvalue weighted by atomic mass is 15.3. The largest absolute Gasteiger partial charge is 0.296 e. The van der Waals surface area contributed by atoms with E-state index < -0.39 is 0 Å². The van der Waals surface area contributed by atoms with Crippen molar-refractivity contribution < 1.29 is 0 Å². The molecule has 0 fully saturated rings. The highest BCUT2D eigenvalue weighted by molar-refractivity contribution is 5.33. The van der Waals surface area contributed by atoms with Gasteiger partial charge in [-0.2, -0.15) is 0 Å². The Hall–Kier alpha value is -0.900. The first kappa shape index (κ1) is 18.1. The van der Waals surface area contributed by atoms with Gasteiger partial charge >= 0.3 is 0 Å². The number of hydrogen-bond donors (Lipinski definition) is 2. The Bertz CT molecular complexity index is 434. The Morgan fingerprint density at radius 3 is 2.00 bits per heavy atom. The summed E-state index contributed by atoms with van der Waals surface area (Å²) in [5.74, 6) is 6.00. The van der Waals surface area contributed by atoms with Crippen molar-refractivity contribution in [3.63, 3.8) is 0 Å². The summed E-state index contributed by atoms with van der Waals surface area (Å²) in [5, 5.41) is 0. The molecule has 1 aromatic carbocycles. The third-order valence-corrected chi connectivity index (χ3v) is 5.19. The summed E-state index contributed by atoms with van der Waals surface area (Å²) in [6, 6.07) is 6.85. The van der Waals surface area contributed by atoms with E-state index in [4.69, 9.17) is 5.84 Å². The third-order valence-electron chi connectivity index (χ3n) is 5.19. The van der Waals surface area contributed by atoms with Gasteiger partial charge in [-0.3, -0.25) is 16.2 Å². The van der Waals surface area contributed by atoms with Gasteiger partial charge in [0.15, 0.2) is 0 Å². The van der Waals surface area contributed by atoms with Crippen molar-refractivity contribution in [1.29, 1.82) is 0 Å². The van der Waals surface area contributed by atoms with Crippen molar-refractivity contribution in [2.45, 2.75) is 66.0 Å². The predicted molar refractivity (Wildman–Crippen MR) is 92.2 cm³/mol. The van der Waals surface area contributed by atoms with Gasteiger partial charge in [-0.25, -0.2) is 0 Å². The fourth-order valence-electron chi connectivity index (χ4n) is 3.65. The normalized spacial score (nSPS) is 13.7. The number of rotatable bonds is 8. The molecule has 3 N–H and O–H groups in total. The molecule has 1 rings (SSSR count). The summed E-state index contributed by atoms with van der Waals surface area (Å²) in [6.07, 6.45) is 2.15. The Kier molecular flexibility index (Phi) is 6.85. The fourth-order valence-corrected chi connectivity index (χ4v) is 3.65. The summed E-state index contributed by atoms with van der Waals surface area (Å²) in [5.41, 5.74) is 7.12. The number of nitrogens with one attached hydrogen (secondary N) is 1. The van der Waals surface area contributed by atoms with Crippen molar-refractivity contribution in [3.05, 3.63) is 34.9 Å². The van der Waals surface area contributed by atoms with E-state index in [-0.39, 0.29) is 11.6 Å². The highest BCUT2D eigenvalue weighted by Gasteiger charge is 2.40. The predicted octanol–water partition coefficient (Wildman–Crippen LogP) is 3.71. The van der Waals surface area contributed by atoms with E-state index in [0.29, 0.717) is 0 Å². The minimum Gasteiger partial charge on any atom is -0.296 e. The molecule has 0 amide bonds. The van der Waals surface area contributed by atoms with Crippen LogP contribution in [0.1, 0.15) is 63.3 Å². The SMILES string of the molecule is CCN(CC)C(CC)(CC)C(NN)c1ccc(C)c(C)c1. The van der Waals surface area contributed by atoms with Crippen LogP contribution in [0.4, 0.5) is 0 Å². The van der Waals surface area contributed by atoms with Crippen molar-refractivity contribution in [3.8, 4) is 0 Å². The number of benzene rings is 1. The molecule has 0 bridgehead atoms. The van der Waals surface area contributed by atoms with Crippen molar-refractivity contribution in [2.75, 3.05) is 13.1 Å². The van der Waals surface area contributed by atoms with Gasteiger partial charge in [-0.15, -0.1) is 0 Å². The molecule has 0 aliphatic heterocycles. The Morgan fingerprint density at radius 1 is 1.05 bits per heavy atom. The lowest BCUT2D eigenvalue weighted by Crippen LogP contribution is -2.57. The minimum atomic E-state index is 0.0555. The number of aryl methyl sites for hydroxylation is 2. The maximum atomic E-state index is 6.00. The maximum Gasteiger partial charge on any atom is 0.0643 e. The molecular weight excluding hydrogens is 258 g/mol. The van der Waals surface area contributed by atoms with Crippen molar-refractivity contribution in [1.82, 2.24) is 10.3 Å². The van der Waals surface area contributed by atoms with Crippen LogP contribution in [0, 0.1) is 13.8 Å². The van der Waals surface area contributed by atoms with Gasteiger partial charge in [0.1, 0.15) is 0 Å². The van der Waals surface area contributed by atoms with Gasteiger partial charge in [0.05, 0.1) is 6.04 Å². The number of nitrogens with two attached hydrogens (primary N) is 1. The monoisotopic (exact) mass is 291 g/mol. The fraction of sp³-hybridized carbons (Fsp3) is 0.667. The molecule has 0 aliphatic carbocycles. The third kappa shape index (κ3) is 3.47. The summed E-state index contributed by atoms with van der Waals surface area (Å²) in [6.45, 7) is 15.4. The molecule has 0 aromatic heterocycles. The van der Waals surface area contributed by atoms with Crippen molar-refractivity contribution in [2.24, 2.45) is 5.84 Å². The lowest BCUT2D eigenvalue weighted by Gasteiger charge is -2.48. The van der Waals surface area contributed by atoms with Crippen LogP contribution in [0.15, 0.2) is 18.2 Å². The van der Waals surface area contributed by atoms with Gasteiger partial charge in [0.2, 0.25) is 0 Å². The van der Waals surface area contributed by atoms with Gasteiger partial charge in [-0.1, -0.05) is 45.9 Å². The topological polar surface area (TPSA) is 41.3 Å². The second-order valence-corrected chi connectivity index (χ2v) is 5.93. The molecule has 0 saturated heterocycles. The van der Waals surface area contributed by atoms with Gasteiger partial charge in [0.25, 0.3) is 0 Å². The summed E-state index contributed by atoms with van der Waals surface area (Å²) in [7, 11) is 0. The zero-order valence-corrected chi connectivity index (χ0v) is 14.7. The number of hydrazine groups is 1. The standard InChI is InChI=1S/C18H33N3/c1-7-18(8-2,21(9-3)10-4)17(20-19)16-12-11-14(5)15(6)13-16/h11-13,17,20H,7-10,19H2,1-6H3. The van der Waals surface area contributed by atoms with Crippen LogP contribution < -0.4 is 11.3 Å². The smallest absolute Gasteiger partial charge is 0.0643 e. The second kappa shape index (κ2) is 7.92. The molecule has 0 aliphatic rings. The lowest BCUT2D eigenvalue weighted by atomic mass is 9.78. The number of nitrogens with zero attached hydrogens (tertiary/aromatic N) is 1. The molecule has 3 heteroatoms. The Morgan fingerprint density at radius 2 is 1.62 bits per heavy atom. The maximum absolute atomic E-state index is 6.00. The molecule has 1 unspecified atom stereocenters. The molecule has 1 aromatic rings. The van der Waals surface area contributed by atoms with E-state index in [1.165, 1.54) is 16.7 Å². The summed E-state index contributed by atoms with van der Waals surface area (Å²) < 4.78 is 0. The molecule has 120 valence electrons. The molecule has 0 saturated carbocycles. The van der Waals surface area contributed by atoms with Crippen molar-refractivity contribution >= 4 is 0 Å². The van der Waals surface area contributed by atoms with Crippen LogP contribution >= 0.6 is 0 Å². The highest BCUT2D eigenvalue weighted by Crippen LogP contribution is 2.37. The van der Waals surface area contributed by atoms with Crippen LogP contribution in [0.5, 0.6) is 0 Å². The molecular formula is C18H33N3. The quantitative estimate of drug-likeness (QED) is 0.567. The molecule has 0 heterocycles. The van der Waals surface area contributed by atoms with E-state index in [1.807, 2.05) is 0 Å². The van der Waals surface area contributed by atoms with Gasteiger partial charge in [0, 0.05) is 5.54 Å². The van der Waals surface area contributed by atoms with Gasteiger partial charge in [-0.05, 0) is 56.5 Å². The number of likely N-dealkylation sites (N-methyl/N-ethyl adjacent to an activating group) is 1. The molecule has 0 radical (unpaired) electrons. The van der Waals surface area contributed by atoms with Crippen LogP contribution in [0.3, 0.4) is 0 Å². The van der Waals surface area contributed by atoms with E-state index in [0.717, 1.165) is 25.9 Å². The lowest BCUT2D eigenvalue weighted by molar-refractivity contribution is 0.0487. The molecule has 1 atom stereocenters. The first-order valence-corrected chi connectivity index (χ1v) is 8.28. The summed E-state index contributed by atoms with van der Waals surface area (Å²) >= 11 is 0. The van der Waals surface area contributed by atoms with E-state index >= 15 is 0 Å². The average molecular weight is 291 g/mol. The first-order valence-electron chi connectivity index (χ1n) is 8.28. The molecule has 3 nitrogen and oxygen atoms in total. The zero-order chi connectivity index (χ0) is 16.0. The Labute approximate surface area is 130 Å². The minimum absolute atomic E-state index is 0.0555. The Balaban J connectivity index is 3.33. The molecule has 0 spiro atoms. The van der Waals surface area contributed by atoms with Gasteiger partial charge < -0.3 is 0 Å². The van der Waals surface area contributed by atoms with E-state index in [2.05, 4.69) is 70.1 Å². The average Bonchev–Trinajstić information content (AvgIpc) is 2.50. The van der Waals surface area contributed by atoms with E-state index in [1.54, 1.807) is 0 Å². The van der Waals surface area contributed by atoms with Crippen LogP contribution in [0.25, 0.3) is 0 Å². The van der Waals surface area contributed by atoms with Crippen LogP contribution in [-0.2, 0) is 0 Å². The zero-order valence-electron chi connectivity index (χ0n) is 14.7. The first-order chi connectivity index (χ1) is 10.00. The van der Waals surface area contributed by atoms with E-state index in [9.17, 15) is 0 Å². The van der Waals surface area contributed by atoms with Crippen LogP contribution in [-0.4, -0.2) is 23.5 Å².